The molecule has 138 valence electrons. The monoisotopic (exact) mass is 363 g/mol. The maximum absolute atomic E-state index is 12.5. The van der Waals surface area contributed by atoms with Gasteiger partial charge in [0.05, 0.1) is 37.4 Å². The minimum Gasteiger partial charge on any atom is -0.497 e. The molecule has 2 N–H and O–H groups in total. The molecule has 1 heterocycles. The van der Waals surface area contributed by atoms with Gasteiger partial charge in [0.15, 0.2) is 0 Å². The Labute approximate surface area is 158 Å². The maximum atomic E-state index is 12.5. The van der Waals surface area contributed by atoms with Crippen LogP contribution in [-0.2, 0) is 0 Å². The van der Waals surface area contributed by atoms with Crippen LogP contribution in [0.2, 0.25) is 0 Å². The number of methoxy groups -OCH3 is 2. The third-order valence-electron chi connectivity index (χ3n) is 3.96. The predicted molar refractivity (Wildman–Crippen MR) is 106 cm³/mol. The third-order valence-corrected chi connectivity index (χ3v) is 3.96. The first kappa shape index (κ1) is 18.3. The Hall–Kier alpha value is -3.54. The summed E-state index contributed by atoms with van der Waals surface area (Å²) in [7, 11) is 3.19. The van der Waals surface area contributed by atoms with Crippen LogP contribution in [0.25, 0.3) is 0 Å². The molecule has 0 aliphatic carbocycles. The van der Waals surface area contributed by atoms with Crippen LogP contribution in [-0.4, -0.2) is 25.1 Å². The lowest BCUT2D eigenvalue weighted by atomic mass is 10.2. The SMILES string of the molecule is COc1ccc(Nc2cncc(C(=O)Nc3cccc(C)c3)c2)c(OC)c1. The van der Waals surface area contributed by atoms with Crippen molar-refractivity contribution in [2.45, 2.75) is 6.92 Å². The number of anilines is 3. The van der Waals surface area contributed by atoms with E-state index in [4.69, 9.17) is 9.47 Å². The second-order valence-electron chi connectivity index (χ2n) is 5.98. The van der Waals surface area contributed by atoms with Gasteiger partial charge in [-0.3, -0.25) is 9.78 Å². The van der Waals surface area contributed by atoms with Crippen molar-refractivity contribution >= 4 is 23.0 Å². The van der Waals surface area contributed by atoms with Gasteiger partial charge in [-0.15, -0.1) is 0 Å². The van der Waals surface area contributed by atoms with Gasteiger partial charge in [-0.2, -0.15) is 0 Å². The molecule has 0 saturated heterocycles. The smallest absolute Gasteiger partial charge is 0.257 e. The molecule has 0 bridgehead atoms. The van der Waals surface area contributed by atoms with Crippen LogP contribution < -0.4 is 20.1 Å². The van der Waals surface area contributed by atoms with E-state index in [2.05, 4.69) is 15.6 Å². The molecule has 0 fully saturated rings. The first-order chi connectivity index (χ1) is 13.1. The standard InChI is InChI=1S/C21H21N3O3/c1-14-5-4-6-16(9-14)24-21(25)15-10-17(13-22-12-15)23-19-8-7-18(26-2)11-20(19)27-3/h4-13,23H,1-3H3,(H,24,25). The zero-order valence-electron chi connectivity index (χ0n) is 15.4. The molecule has 2 aromatic carbocycles. The first-order valence-corrected chi connectivity index (χ1v) is 8.41. The van der Waals surface area contributed by atoms with E-state index in [1.165, 1.54) is 6.20 Å². The molecule has 0 atom stereocenters. The van der Waals surface area contributed by atoms with Crippen LogP contribution >= 0.6 is 0 Å². The average molecular weight is 363 g/mol. The predicted octanol–water partition coefficient (Wildman–Crippen LogP) is 4.40. The largest absolute Gasteiger partial charge is 0.497 e. The fourth-order valence-corrected chi connectivity index (χ4v) is 2.62. The first-order valence-electron chi connectivity index (χ1n) is 8.41. The molecule has 1 amide bonds. The van der Waals surface area contributed by atoms with E-state index < -0.39 is 0 Å². The van der Waals surface area contributed by atoms with E-state index in [0.29, 0.717) is 22.7 Å². The zero-order chi connectivity index (χ0) is 19.2. The van der Waals surface area contributed by atoms with E-state index in [9.17, 15) is 4.79 Å². The van der Waals surface area contributed by atoms with Crippen molar-refractivity contribution in [3.8, 4) is 11.5 Å². The molecule has 0 radical (unpaired) electrons. The summed E-state index contributed by atoms with van der Waals surface area (Å²) >= 11 is 0. The van der Waals surface area contributed by atoms with Crippen LogP contribution in [0, 0.1) is 6.92 Å². The van der Waals surface area contributed by atoms with Crippen LogP contribution in [0.3, 0.4) is 0 Å². The van der Waals surface area contributed by atoms with Gasteiger partial charge in [0.2, 0.25) is 0 Å². The number of rotatable bonds is 6. The van der Waals surface area contributed by atoms with E-state index in [1.807, 2.05) is 43.3 Å². The summed E-state index contributed by atoms with van der Waals surface area (Å²) in [4.78, 5) is 16.7. The van der Waals surface area contributed by atoms with Crippen molar-refractivity contribution in [1.29, 1.82) is 0 Å². The van der Waals surface area contributed by atoms with Crippen molar-refractivity contribution < 1.29 is 14.3 Å². The topological polar surface area (TPSA) is 72.5 Å². The summed E-state index contributed by atoms with van der Waals surface area (Å²) in [5.41, 5.74) is 3.70. The molecular weight excluding hydrogens is 342 g/mol. The highest BCUT2D eigenvalue weighted by atomic mass is 16.5. The van der Waals surface area contributed by atoms with Crippen LogP contribution in [0.15, 0.2) is 60.9 Å². The molecule has 0 unspecified atom stereocenters. The fraction of sp³-hybridized carbons (Fsp3) is 0.143. The number of pyridine rings is 1. The molecule has 6 nitrogen and oxygen atoms in total. The average Bonchev–Trinajstić information content (AvgIpc) is 2.68. The molecule has 0 aliphatic rings. The van der Waals surface area contributed by atoms with E-state index in [1.54, 1.807) is 32.5 Å². The number of amides is 1. The van der Waals surface area contributed by atoms with E-state index in [-0.39, 0.29) is 5.91 Å². The molecule has 1 aromatic heterocycles. The van der Waals surface area contributed by atoms with Gasteiger partial charge < -0.3 is 20.1 Å². The second-order valence-corrected chi connectivity index (χ2v) is 5.98. The number of aryl methyl sites for hydroxylation is 1. The molecule has 0 aliphatic heterocycles. The lowest BCUT2D eigenvalue weighted by Crippen LogP contribution is -2.12. The normalized spacial score (nSPS) is 10.2. The summed E-state index contributed by atoms with van der Waals surface area (Å²) < 4.78 is 10.6. The van der Waals surface area contributed by atoms with Gasteiger partial charge in [0, 0.05) is 18.0 Å². The van der Waals surface area contributed by atoms with Gasteiger partial charge in [0.1, 0.15) is 11.5 Å². The van der Waals surface area contributed by atoms with Crippen molar-refractivity contribution in [2.24, 2.45) is 0 Å². The number of nitrogens with one attached hydrogen (secondary N) is 2. The van der Waals surface area contributed by atoms with Gasteiger partial charge in [0.25, 0.3) is 5.91 Å². The van der Waals surface area contributed by atoms with Crippen molar-refractivity contribution in [2.75, 3.05) is 24.9 Å². The summed E-state index contributed by atoms with van der Waals surface area (Å²) in [6, 6.07) is 14.8. The van der Waals surface area contributed by atoms with Crippen molar-refractivity contribution in [3.63, 3.8) is 0 Å². The summed E-state index contributed by atoms with van der Waals surface area (Å²) in [6.45, 7) is 1.98. The number of nitrogens with zero attached hydrogens (tertiary/aromatic N) is 1. The Kier molecular flexibility index (Phi) is 5.56. The molecule has 27 heavy (non-hydrogen) atoms. The molecular formula is C21H21N3O3. The lowest BCUT2D eigenvalue weighted by molar-refractivity contribution is 0.102. The van der Waals surface area contributed by atoms with Gasteiger partial charge in [-0.1, -0.05) is 12.1 Å². The van der Waals surface area contributed by atoms with Crippen LogP contribution in [0.4, 0.5) is 17.1 Å². The number of hydrogen-bond donors (Lipinski definition) is 2. The molecule has 3 aromatic rings. The van der Waals surface area contributed by atoms with Crippen molar-refractivity contribution in [3.05, 3.63) is 72.1 Å². The molecule has 0 spiro atoms. The number of carbonyl (C=O) groups is 1. The Morgan fingerprint density at radius 2 is 1.81 bits per heavy atom. The maximum Gasteiger partial charge on any atom is 0.257 e. The zero-order valence-corrected chi connectivity index (χ0v) is 15.4. The lowest BCUT2D eigenvalue weighted by Gasteiger charge is -2.13. The second kappa shape index (κ2) is 8.23. The minimum absolute atomic E-state index is 0.224. The Morgan fingerprint density at radius 1 is 0.963 bits per heavy atom. The quantitative estimate of drug-likeness (QED) is 0.679. The number of hydrogen-bond acceptors (Lipinski definition) is 5. The van der Waals surface area contributed by atoms with Crippen LogP contribution in [0.1, 0.15) is 15.9 Å². The Morgan fingerprint density at radius 3 is 2.56 bits per heavy atom. The summed E-state index contributed by atoms with van der Waals surface area (Å²) in [5.74, 6) is 1.10. The highest BCUT2D eigenvalue weighted by Gasteiger charge is 2.10. The molecule has 6 heteroatoms. The van der Waals surface area contributed by atoms with E-state index in [0.717, 1.165) is 16.9 Å². The molecule has 0 saturated carbocycles. The fourth-order valence-electron chi connectivity index (χ4n) is 2.62. The number of carbonyl (C=O) groups excluding carboxylic acids is 1. The summed E-state index contributed by atoms with van der Waals surface area (Å²) in [6.07, 6.45) is 3.18. The number of ether oxygens (including phenoxy) is 2. The molecule has 3 rings (SSSR count). The van der Waals surface area contributed by atoms with E-state index >= 15 is 0 Å². The highest BCUT2D eigenvalue weighted by molar-refractivity contribution is 6.04. The third kappa shape index (κ3) is 4.55. The van der Waals surface area contributed by atoms with Crippen LogP contribution in [0.5, 0.6) is 11.5 Å². The summed E-state index contributed by atoms with van der Waals surface area (Å²) in [5, 5.41) is 6.10. The van der Waals surface area contributed by atoms with Gasteiger partial charge in [-0.25, -0.2) is 0 Å². The van der Waals surface area contributed by atoms with Gasteiger partial charge >= 0.3 is 0 Å². The van der Waals surface area contributed by atoms with Gasteiger partial charge in [-0.05, 0) is 42.8 Å². The van der Waals surface area contributed by atoms with Crippen molar-refractivity contribution in [1.82, 2.24) is 4.98 Å². The highest BCUT2D eigenvalue weighted by Crippen LogP contribution is 2.31. The number of aromatic nitrogens is 1. The Balaban J connectivity index is 1.78. The minimum atomic E-state index is -0.224. The Bertz CT molecular complexity index is 957. The number of benzene rings is 2.